The maximum absolute atomic E-state index is 5.77. The van der Waals surface area contributed by atoms with Crippen LogP contribution >= 0.6 is 0 Å². The van der Waals surface area contributed by atoms with Crippen LogP contribution in [0, 0.1) is 0 Å². The second-order valence-corrected chi connectivity index (χ2v) is 4.96. The molecule has 0 aromatic heterocycles. The summed E-state index contributed by atoms with van der Waals surface area (Å²) in [4.78, 5) is 2.46. The number of nitrogens with two attached hydrogens (primary N) is 1. The largest absolute Gasteiger partial charge is 0.492 e. The molecule has 2 rings (SSSR count). The Balaban J connectivity index is 1.71. The maximum atomic E-state index is 5.77. The van der Waals surface area contributed by atoms with Gasteiger partial charge in [0.05, 0.1) is 6.61 Å². The van der Waals surface area contributed by atoms with Crippen LogP contribution in [0.15, 0.2) is 24.3 Å². The second kappa shape index (κ2) is 7.48. The normalized spacial score (nSPS) is 14.9. The zero-order valence-corrected chi connectivity index (χ0v) is 11.7. The van der Waals surface area contributed by atoms with E-state index in [0.29, 0.717) is 6.54 Å². The standard InChI is InChI=1S/C15H24N2O2/c1-18-10-8-17(14-4-5-14)9-11-19-15-6-2-13(12-16)3-7-15/h2-3,6-7,14H,4-5,8-12,16H2,1H3. The SMILES string of the molecule is COCCN(CCOc1ccc(CN)cc1)C1CC1. The van der Waals surface area contributed by atoms with Gasteiger partial charge in [-0.2, -0.15) is 0 Å². The smallest absolute Gasteiger partial charge is 0.119 e. The van der Waals surface area contributed by atoms with Crippen LogP contribution in [0.5, 0.6) is 5.75 Å². The van der Waals surface area contributed by atoms with Crippen molar-refractivity contribution in [1.29, 1.82) is 0 Å². The van der Waals surface area contributed by atoms with Gasteiger partial charge in [0, 0.05) is 32.8 Å². The Morgan fingerprint density at radius 3 is 2.42 bits per heavy atom. The van der Waals surface area contributed by atoms with E-state index >= 15 is 0 Å². The van der Waals surface area contributed by atoms with Gasteiger partial charge in [0.25, 0.3) is 0 Å². The lowest BCUT2D eigenvalue weighted by Gasteiger charge is -2.21. The van der Waals surface area contributed by atoms with Gasteiger partial charge < -0.3 is 15.2 Å². The number of nitrogens with zero attached hydrogens (tertiary/aromatic N) is 1. The summed E-state index contributed by atoms with van der Waals surface area (Å²) in [6, 6.07) is 8.74. The third kappa shape index (κ3) is 4.82. The van der Waals surface area contributed by atoms with Crippen LogP contribution in [0.1, 0.15) is 18.4 Å². The molecule has 0 radical (unpaired) electrons. The van der Waals surface area contributed by atoms with Gasteiger partial charge in [-0.05, 0) is 30.5 Å². The number of rotatable bonds is 9. The molecule has 0 unspecified atom stereocenters. The number of methoxy groups -OCH3 is 1. The number of benzene rings is 1. The van der Waals surface area contributed by atoms with Crippen LogP contribution in [0.2, 0.25) is 0 Å². The molecular formula is C15H24N2O2. The third-order valence-corrected chi connectivity index (χ3v) is 3.45. The molecule has 4 heteroatoms. The average molecular weight is 264 g/mol. The van der Waals surface area contributed by atoms with Gasteiger partial charge >= 0.3 is 0 Å². The molecule has 0 spiro atoms. The third-order valence-electron chi connectivity index (χ3n) is 3.45. The van der Waals surface area contributed by atoms with E-state index < -0.39 is 0 Å². The van der Waals surface area contributed by atoms with Crippen molar-refractivity contribution in [3.05, 3.63) is 29.8 Å². The Morgan fingerprint density at radius 1 is 1.16 bits per heavy atom. The highest BCUT2D eigenvalue weighted by atomic mass is 16.5. The molecule has 0 saturated heterocycles. The summed E-state index contributed by atoms with van der Waals surface area (Å²) in [6.45, 7) is 4.06. The van der Waals surface area contributed by atoms with E-state index in [1.165, 1.54) is 12.8 Å². The summed E-state index contributed by atoms with van der Waals surface area (Å²) in [5, 5.41) is 0. The zero-order valence-electron chi connectivity index (χ0n) is 11.7. The van der Waals surface area contributed by atoms with Crippen molar-refractivity contribution in [3.8, 4) is 5.75 Å². The summed E-state index contributed by atoms with van der Waals surface area (Å²) in [6.07, 6.45) is 2.63. The van der Waals surface area contributed by atoms with Gasteiger partial charge in [-0.3, -0.25) is 4.90 Å². The van der Waals surface area contributed by atoms with Crippen molar-refractivity contribution >= 4 is 0 Å². The molecule has 1 aromatic rings. The summed E-state index contributed by atoms with van der Waals surface area (Å²) in [5.41, 5.74) is 6.70. The minimum Gasteiger partial charge on any atom is -0.492 e. The second-order valence-electron chi connectivity index (χ2n) is 4.96. The molecule has 0 bridgehead atoms. The summed E-state index contributed by atoms with van der Waals surface area (Å²) >= 11 is 0. The molecule has 1 saturated carbocycles. The fourth-order valence-corrected chi connectivity index (χ4v) is 2.13. The molecule has 106 valence electrons. The summed E-state index contributed by atoms with van der Waals surface area (Å²) < 4.78 is 10.9. The van der Waals surface area contributed by atoms with Gasteiger partial charge in [-0.25, -0.2) is 0 Å². The Kier molecular flexibility index (Phi) is 5.63. The van der Waals surface area contributed by atoms with E-state index in [4.69, 9.17) is 15.2 Å². The van der Waals surface area contributed by atoms with Crippen LogP contribution in [-0.2, 0) is 11.3 Å². The lowest BCUT2D eigenvalue weighted by molar-refractivity contribution is 0.130. The van der Waals surface area contributed by atoms with Crippen molar-refractivity contribution in [3.63, 3.8) is 0 Å². The highest BCUT2D eigenvalue weighted by Gasteiger charge is 2.28. The maximum Gasteiger partial charge on any atom is 0.119 e. The summed E-state index contributed by atoms with van der Waals surface area (Å²) in [5.74, 6) is 0.916. The molecule has 0 amide bonds. The molecule has 1 aliphatic rings. The average Bonchev–Trinajstić information content (AvgIpc) is 3.28. The van der Waals surface area contributed by atoms with Crippen LogP contribution < -0.4 is 10.5 Å². The molecule has 1 fully saturated rings. The number of hydrogen-bond acceptors (Lipinski definition) is 4. The van der Waals surface area contributed by atoms with Gasteiger partial charge in [-0.1, -0.05) is 12.1 Å². The van der Waals surface area contributed by atoms with Crippen molar-refractivity contribution in [1.82, 2.24) is 4.90 Å². The van der Waals surface area contributed by atoms with E-state index in [1.807, 2.05) is 24.3 Å². The Hall–Kier alpha value is -1.10. The summed E-state index contributed by atoms with van der Waals surface area (Å²) in [7, 11) is 1.75. The first kappa shape index (κ1) is 14.3. The lowest BCUT2D eigenvalue weighted by atomic mass is 10.2. The van der Waals surface area contributed by atoms with Crippen molar-refractivity contribution in [2.24, 2.45) is 5.73 Å². The fraction of sp³-hybridized carbons (Fsp3) is 0.600. The highest BCUT2D eigenvalue weighted by molar-refractivity contribution is 5.27. The lowest BCUT2D eigenvalue weighted by Crippen LogP contribution is -2.33. The molecule has 1 aromatic carbocycles. The molecular weight excluding hydrogens is 240 g/mol. The Labute approximate surface area is 115 Å². The fourth-order valence-electron chi connectivity index (χ4n) is 2.13. The topological polar surface area (TPSA) is 47.7 Å². The van der Waals surface area contributed by atoms with Crippen LogP contribution in [0.25, 0.3) is 0 Å². The monoisotopic (exact) mass is 264 g/mol. The Bertz CT molecular complexity index is 363. The molecule has 19 heavy (non-hydrogen) atoms. The molecule has 0 atom stereocenters. The predicted octanol–water partition coefficient (Wildman–Crippen LogP) is 1.63. The molecule has 4 nitrogen and oxygen atoms in total. The van der Waals surface area contributed by atoms with E-state index in [9.17, 15) is 0 Å². The van der Waals surface area contributed by atoms with E-state index in [2.05, 4.69) is 4.90 Å². The first-order valence-corrected chi connectivity index (χ1v) is 6.98. The minimum atomic E-state index is 0.576. The van der Waals surface area contributed by atoms with Crippen molar-refractivity contribution < 1.29 is 9.47 Å². The van der Waals surface area contributed by atoms with Gasteiger partial charge in [-0.15, -0.1) is 0 Å². The van der Waals surface area contributed by atoms with E-state index in [0.717, 1.165) is 43.7 Å². The van der Waals surface area contributed by atoms with E-state index in [1.54, 1.807) is 7.11 Å². The van der Waals surface area contributed by atoms with Crippen LogP contribution in [-0.4, -0.2) is 44.4 Å². The van der Waals surface area contributed by atoms with Crippen molar-refractivity contribution in [2.75, 3.05) is 33.4 Å². The molecule has 0 aliphatic heterocycles. The number of hydrogen-bond donors (Lipinski definition) is 1. The molecule has 1 aliphatic carbocycles. The Morgan fingerprint density at radius 2 is 1.84 bits per heavy atom. The van der Waals surface area contributed by atoms with Gasteiger partial charge in [0.2, 0.25) is 0 Å². The minimum absolute atomic E-state index is 0.576. The quantitative estimate of drug-likeness (QED) is 0.736. The van der Waals surface area contributed by atoms with Crippen LogP contribution in [0.4, 0.5) is 0 Å². The van der Waals surface area contributed by atoms with E-state index in [-0.39, 0.29) is 0 Å². The van der Waals surface area contributed by atoms with Crippen molar-refractivity contribution in [2.45, 2.75) is 25.4 Å². The predicted molar refractivity (Wildman–Crippen MR) is 76.3 cm³/mol. The zero-order chi connectivity index (χ0) is 13.5. The number of ether oxygens (including phenoxy) is 2. The highest BCUT2D eigenvalue weighted by Crippen LogP contribution is 2.26. The van der Waals surface area contributed by atoms with Gasteiger partial charge in [0.15, 0.2) is 0 Å². The molecule has 0 heterocycles. The first-order valence-electron chi connectivity index (χ1n) is 6.98. The van der Waals surface area contributed by atoms with Crippen LogP contribution in [0.3, 0.4) is 0 Å². The first-order chi connectivity index (χ1) is 9.33. The van der Waals surface area contributed by atoms with Gasteiger partial charge in [0.1, 0.15) is 12.4 Å². The molecule has 2 N–H and O–H groups in total.